The fourth-order valence-corrected chi connectivity index (χ4v) is 4.09. The first-order valence-electron chi connectivity index (χ1n) is 11.3. The predicted molar refractivity (Wildman–Crippen MR) is 152 cm³/mol. The third-order valence-corrected chi connectivity index (χ3v) is 5.66. The Bertz CT molecular complexity index is 1150. The topological polar surface area (TPSA) is 102 Å². The van der Waals surface area contributed by atoms with Crippen LogP contribution in [0.3, 0.4) is 0 Å². The molecule has 0 spiro atoms. The maximum atomic E-state index is 5.97. The van der Waals surface area contributed by atoms with Crippen LogP contribution >= 0.6 is 24.8 Å². The molecular formula is C26H34Cl2N6. The summed E-state index contributed by atoms with van der Waals surface area (Å²) >= 11 is 0. The summed E-state index contributed by atoms with van der Waals surface area (Å²) in [5.74, 6) is 0. The zero-order chi connectivity index (χ0) is 22.5. The molecule has 0 saturated heterocycles. The van der Waals surface area contributed by atoms with E-state index in [0.717, 1.165) is 81.9 Å². The van der Waals surface area contributed by atoms with Gasteiger partial charge in [0.05, 0.1) is 11.0 Å². The van der Waals surface area contributed by atoms with Crippen LogP contribution in [0.5, 0.6) is 0 Å². The maximum absolute atomic E-state index is 5.97. The second kappa shape index (κ2) is 12.5. The van der Waals surface area contributed by atoms with Crippen LogP contribution < -0.4 is 22.1 Å². The van der Waals surface area contributed by atoms with Gasteiger partial charge in [0, 0.05) is 58.0 Å². The average molecular weight is 502 g/mol. The van der Waals surface area contributed by atoms with Crippen molar-refractivity contribution in [1.82, 2.24) is 9.97 Å². The number of anilines is 4. The monoisotopic (exact) mass is 500 g/mol. The first kappa shape index (κ1) is 27.3. The third kappa shape index (κ3) is 6.78. The first-order valence-corrected chi connectivity index (χ1v) is 11.3. The van der Waals surface area contributed by atoms with Gasteiger partial charge in [0.1, 0.15) is 0 Å². The van der Waals surface area contributed by atoms with Gasteiger partial charge >= 0.3 is 0 Å². The maximum Gasteiger partial charge on any atom is 0.0727 e. The standard InChI is InChI=1S/C26H32N6.2ClH/c1-17-13-25(21-15-19(27)7-9-23(21)31-17)29-11-5-3-4-6-12-30-26-14-18(2)32-24-10-8-20(28)16-22(24)26;;/h7-10,13-16H,3-6,11-12,27-28H2,1-2H3,(H,29,31)(H,30,32);2*1H. The Hall–Kier alpha value is -2.96. The zero-order valence-electron chi connectivity index (χ0n) is 19.7. The van der Waals surface area contributed by atoms with Gasteiger partial charge in [-0.3, -0.25) is 9.97 Å². The van der Waals surface area contributed by atoms with Crippen LogP contribution in [0.15, 0.2) is 48.5 Å². The molecule has 0 atom stereocenters. The SMILES string of the molecule is Cc1cc(NCCCCCCNc2cc(C)nc3ccc(N)cc23)c2cc(N)ccc2n1.Cl.Cl. The van der Waals surface area contributed by atoms with Crippen molar-refractivity contribution in [2.45, 2.75) is 39.5 Å². The number of nitrogens with two attached hydrogens (primary N) is 2. The number of nitrogen functional groups attached to an aromatic ring is 2. The van der Waals surface area contributed by atoms with Gasteiger partial charge in [0.25, 0.3) is 0 Å². The lowest BCUT2D eigenvalue weighted by Crippen LogP contribution is -2.05. The molecule has 0 saturated carbocycles. The molecule has 0 fully saturated rings. The number of halogens is 2. The number of nitrogens with zero attached hydrogens (tertiary/aromatic N) is 2. The van der Waals surface area contributed by atoms with Crippen molar-refractivity contribution in [2.75, 3.05) is 35.2 Å². The van der Waals surface area contributed by atoms with Crippen molar-refractivity contribution in [3.05, 3.63) is 59.9 Å². The molecule has 0 aliphatic rings. The lowest BCUT2D eigenvalue weighted by molar-refractivity contribution is 0.671. The number of unbranched alkanes of at least 4 members (excludes halogenated alkanes) is 3. The lowest BCUT2D eigenvalue weighted by Gasteiger charge is -2.12. The minimum Gasteiger partial charge on any atom is -0.399 e. The van der Waals surface area contributed by atoms with Crippen molar-refractivity contribution in [3.8, 4) is 0 Å². The highest BCUT2D eigenvalue weighted by Crippen LogP contribution is 2.26. The summed E-state index contributed by atoms with van der Waals surface area (Å²) in [7, 11) is 0. The highest BCUT2D eigenvalue weighted by atomic mass is 35.5. The summed E-state index contributed by atoms with van der Waals surface area (Å²) in [5, 5.41) is 9.32. The van der Waals surface area contributed by atoms with Gasteiger partial charge in [-0.25, -0.2) is 0 Å². The molecule has 0 amide bonds. The molecule has 4 aromatic rings. The molecule has 4 rings (SSSR count). The van der Waals surface area contributed by atoms with Crippen molar-refractivity contribution < 1.29 is 0 Å². The summed E-state index contributed by atoms with van der Waals surface area (Å²) in [6.07, 6.45) is 4.61. The molecule has 8 heteroatoms. The first-order chi connectivity index (χ1) is 15.5. The van der Waals surface area contributed by atoms with Crippen molar-refractivity contribution in [3.63, 3.8) is 0 Å². The van der Waals surface area contributed by atoms with E-state index in [1.54, 1.807) is 0 Å². The number of aromatic nitrogens is 2. The van der Waals surface area contributed by atoms with E-state index in [-0.39, 0.29) is 24.8 Å². The second-order valence-electron chi connectivity index (χ2n) is 8.44. The minimum absolute atomic E-state index is 0. The molecule has 0 aliphatic heterocycles. The van der Waals surface area contributed by atoms with E-state index in [4.69, 9.17) is 11.5 Å². The van der Waals surface area contributed by atoms with Crippen molar-refractivity contribution in [1.29, 1.82) is 0 Å². The summed E-state index contributed by atoms with van der Waals surface area (Å²) in [4.78, 5) is 9.19. The van der Waals surface area contributed by atoms with Gasteiger partial charge < -0.3 is 22.1 Å². The van der Waals surface area contributed by atoms with E-state index in [2.05, 4.69) is 32.7 Å². The largest absolute Gasteiger partial charge is 0.399 e. The average Bonchev–Trinajstić information content (AvgIpc) is 2.76. The molecule has 0 bridgehead atoms. The molecule has 2 aromatic heterocycles. The summed E-state index contributed by atoms with van der Waals surface area (Å²) in [6, 6.07) is 15.9. The van der Waals surface area contributed by atoms with E-state index in [0.29, 0.717) is 0 Å². The van der Waals surface area contributed by atoms with E-state index >= 15 is 0 Å². The number of benzene rings is 2. The molecule has 0 unspecified atom stereocenters. The quantitative estimate of drug-likeness (QED) is 0.154. The molecule has 6 nitrogen and oxygen atoms in total. The molecule has 182 valence electrons. The van der Waals surface area contributed by atoms with Crippen molar-refractivity contribution in [2.24, 2.45) is 0 Å². The van der Waals surface area contributed by atoms with Gasteiger partial charge in [-0.05, 0) is 75.2 Å². The molecule has 0 aliphatic carbocycles. The Morgan fingerprint density at radius 3 is 1.44 bits per heavy atom. The number of nitrogens with one attached hydrogen (secondary N) is 2. The van der Waals surface area contributed by atoms with Gasteiger partial charge in [0.2, 0.25) is 0 Å². The lowest BCUT2D eigenvalue weighted by atomic mass is 10.1. The van der Waals surface area contributed by atoms with Crippen LogP contribution in [0.1, 0.15) is 37.1 Å². The molecule has 2 aromatic carbocycles. The van der Waals surface area contributed by atoms with Gasteiger partial charge in [-0.15, -0.1) is 24.8 Å². The molecule has 2 heterocycles. The van der Waals surface area contributed by atoms with Crippen LogP contribution in [-0.4, -0.2) is 23.1 Å². The van der Waals surface area contributed by atoms with Crippen LogP contribution in [0.2, 0.25) is 0 Å². The number of hydrogen-bond acceptors (Lipinski definition) is 6. The van der Waals surface area contributed by atoms with Crippen molar-refractivity contribution >= 4 is 69.4 Å². The predicted octanol–water partition coefficient (Wildman–Crippen LogP) is 6.49. The van der Waals surface area contributed by atoms with Crippen LogP contribution in [0, 0.1) is 13.8 Å². The van der Waals surface area contributed by atoms with E-state index in [1.165, 1.54) is 12.8 Å². The van der Waals surface area contributed by atoms with Gasteiger partial charge in [-0.1, -0.05) is 12.8 Å². The second-order valence-corrected chi connectivity index (χ2v) is 8.44. The van der Waals surface area contributed by atoms with Crippen LogP contribution in [-0.2, 0) is 0 Å². The Kier molecular flexibility index (Phi) is 10.0. The van der Waals surface area contributed by atoms with E-state index in [1.807, 2.05) is 50.2 Å². The Morgan fingerprint density at radius 1 is 0.618 bits per heavy atom. The fraction of sp³-hybridized carbons (Fsp3) is 0.308. The zero-order valence-corrected chi connectivity index (χ0v) is 21.4. The number of rotatable bonds is 9. The van der Waals surface area contributed by atoms with E-state index in [9.17, 15) is 0 Å². The number of pyridine rings is 2. The Balaban J connectivity index is 0.00000204. The minimum atomic E-state index is 0. The number of hydrogen-bond donors (Lipinski definition) is 4. The smallest absolute Gasteiger partial charge is 0.0727 e. The van der Waals surface area contributed by atoms with Crippen LogP contribution in [0.25, 0.3) is 21.8 Å². The van der Waals surface area contributed by atoms with E-state index < -0.39 is 0 Å². The molecule has 34 heavy (non-hydrogen) atoms. The summed E-state index contributed by atoms with van der Waals surface area (Å²) in [6.45, 7) is 5.92. The Labute approximate surface area is 213 Å². The van der Waals surface area contributed by atoms with Gasteiger partial charge in [-0.2, -0.15) is 0 Å². The normalized spacial score (nSPS) is 10.5. The highest BCUT2D eigenvalue weighted by Gasteiger charge is 2.06. The fourth-order valence-electron chi connectivity index (χ4n) is 4.09. The molecule has 0 radical (unpaired) electrons. The Morgan fingerprint density at radius 2 is 1.03 bits per heavy atom. The summed E-state index contributed by atoms with van der Waals surface area (Å²) in [5.41, 5.74) is 19.7. The highest BCUT2D eigenvalue weighted by molar-refractivity contribution is 5.94. The van der Waals surface area contributed by atoms with Crippen LogP contribution in [0.4, 0.5) is 22.7 Å². The third-order valence-electron chi connectivity index (χ3n) is 5.66. The number of aryl methyl sites for hydroxylation is 2. The van der Waals surface area contributed by atoms with Gasteiger partial charge in [0.15, 0.2) is 0 Å². The molecule has 6 N–H and O–H groups in total. The molecular weight excluding hydrogens is 467 g/mol. The number of fused-ring (bicyclic) bond motifs is 2. The summed E-state index contributed by atoms with van der Waals surface area (Å²) < 4.78 is 0.